The Morgan fingerprint density at radius 2 is 1.90 bits per heavy atom. The van der Waals surface area contributed by atoms with Crippen molar-refractivity contribution in [2.75, 3.05) is 25.1 Å². The normalized spacial score (nSPS) is 10.4. The topological polar surface area (TPSA) is 82.1 Å². The van der Waals surface area contributed by atoms with E-state index in [1.54, 1.807) is 11.3 Å². The van der Waals surface area contributed by atoms with Gasteiger partial charge in [0.05, 0.1) is 24.4 Å². The average molecular weight is 309 g/mol. The van der Waals surface area contributed by atoms with Gasteiger partial charge < -0.3 is 14.8 Å². The highest BCUT2D eigenvalue weighted by molar-refractivity contribution is 7.09. The summed E-state index contributed by atoms with van der Waals surface area (Å²) in [4.78, 5) is 17.9. The van der Waals surface area contributed by atoms with Gasteiger partial charge in [-0.2, -0.15) is 9.97 Å². The minimum absolute atomic E-state index is 0.270. The molecule has 0 radical (unpaired) electrons. The number of hydrogen-bond donors (Lipinski definition) is 1. The quantitative estimate of drug-likeness (QED) is 0.799. The Morgan fingerprint density at radius 3 is 2.52 bits per heavy atom. The zero-order valence-electron chi connectivity index (χ0n) is 12.4. The van der Waals surface area contributed by atoms with Crippen LogP contribution in [0, 0.1) is 6.92 Å². The Balaban J connectivity index is 1.99. The Kier molecular flexibility index (Phi) is 5.68. The summed E-state index contributed by atoms with van der Waals surface area (Å²) in [7, 11) is 0. The molecule has 0 saturated heterocycles. The molecule has 0 saturated carbocycles. The Hall–Kier alpha value is -1.96. The van der Waals surface area contributed by atoms with Crippen LogP contribution in [0.1, 0.15) is 24.4 Å². The summed E-state index contributed by atoms with van der Waals surface area (Å²) < 4.78 is 10.9. The SMILES string of the molecule is CCNc1nc(OCC)nc(OCCc2scnc2C)n1. The minimum Gasteiger partial charge on any atom is -0.464 e. The summed E-state index contributed by atoms with van der Waals surface area (Å²) in [5.74, 6) is 0.458. The number of nitrogens with one attached hydrogen (secondary N) is 1. The molecule has 0 amide bonds. The number of aryl methyl sites for hydroxylation is 1. The number of aromatic nitrogens is 4. The molecule has 1 N–H and O–H groups in total. The largest absolute Gasteiger partial charge is 0.464 e. The maximum Gasteiger partial charge on any atom is 0.324 e. The fourth-order valence-corrected chi connectivity index (χ4v) is 2.40. The lowest BCUT2D eigenvalue weighted by atomic mass is 10.3. The van der Waals surface area contributed by atoms with Crippen LogP contribution in [0.4, 0.5) is 5.95 Å². The molecule has 2 aromatic heterocycles. The van der Waals surface area contributed by atoms with E-state index >= 15 is 0 Å². The van der Waals surface area contributed by atoms with E-state index in [4.69, 9.17) is 9.47 Å². The summed E-state index contributed by atoms with van der Waals surface area (Å²) in [5, 5.41) is 3.03. The number of ether oxygens (including phenoxy) is 2. The van der Waals surface area contributed by atoms with Crippen molar-refractivity contribution in [2.24, 2.45) is 0 Å². The van der Waals surface area contributed by atoms with E-state index in [-0.39, 0.29) is 12.0 Å². The standard InChI is InChI=1S/C13H19N5O2S/c1-4-14-11-16-12(19-5-2)18-13(17-11)20-7-6-10-9(3)15-8-21-10/h8H,4-7H2,1-3H3,(H,14,16,17,18). The number of rotatable bonds is 8. The van der Waals surface area contributed by atoms with Crippen LogP contribution < -0.4 is 14.8 Å². The molecule has 0 aliphatic carbocycles. The third kappa shape index (κ3) is 4.52. The summed E-state index contributed by atoms with van der Waals surface area (Å²) in [5.41, 5.74) is 2.88. The van der Waals surface area contributed by atoms with E-state index in [1.807, 2.05) is 26.3 Å². The van der Waals surface area contributed by atoms with Crippen LogP contribution in [0.2, 0.25) is 0 Å². The molecule has 7 nitrogen and oxygen atoms in total. The van der Waals surface area contributed by atoms with Gasteiger partial charge in [0.1, 0.15) is 0 Å². The molecule has 21 heavy (non-hydrogen) atoms. The monoisotopic (exact) mass is 309 g/mol. The van der Waals surface area contributed by atoms with Crippen molar-refractivity contribution in [3.05, 3.63) is 16.1 Å². The Bertz CT molecular complexity index is 551. The summed E-state index contributed by atoms with van der Waals surface area (Å²) in [6, 6.07) is 0.541. The molecule has 0 aliphatic rings. The predicted molar refractivity (Wildman–Crippen MR) is 81.2 cm³/mol. The Morgan fingerprint density at radius 1 is 1.14 bits per heavy atom. The molecule has 0 atom stereocenters. The molecular formula is C13H19N5O2S. The average Bonchev–Trinajstić information content (AvgIpc) is 2.85. The van der Waals surface area contributed by atoms with Crippen LogP contribution in [0.3, 0.4) is 0 Å². The fourth-order valence-electron chi connectivity index (χ4n) is 1.63. The van der Waals surface area contributed by atoms with Gasteiger partial charge in [-0.15, -0.1) is 16.3 Å². The zero-order valence-corrected chi connectivity index (χ0v) is 13.2. The molecule has 2 heterocycles. The fraction of sp³-hybridized carbons (Fsp3) is 0.538. The van der Waals surface area contributed by atoms with E-state index < -0.39 is 0 Å². The number of hydrogen-bond acceptors (Lipinski definition) is 8. The van der Waals surface area contributed by atoms with Crippen LogP contribution in [-0.4, -0.2) is 39.7 Å². The van der Waals surface area contributed by atoms with Crippen molar-refractivity contribution < 1.29 is 9.47 Å². The molecule has 0 spiro atoms. The second kappa shape index (κ2) is 7.72. The van der Waals surface area contributed by atoms with Crippen LogP contribution in [0.5, 0.6) is 12.0 Å². The highest BCUT2D eigenvalue weighted by Crippen LogP contribution is 2.15. The van der Waals surface area contributed by atoms with Gasteiger partial charge in [-0.25, -0.2) is 4.98 Å². The minimum atomic E-state index is 0.270. The number of anilines is 1. The van der Waals surface area contributed by atoms with Crippen LogP contribution in [0.25, 0.3) is 0 Å². The maximum atomic E-state index is 5.60. The van der Waals surface area contributed by atoms with Gasteiger partial charge in [0.15, 0.2) is 0 Å². The molecule has 2 aromatic rings. The highest BCUT2D eigenvalue weighted by Gasteiger charge is 2.09. The molecule has 0 fully saturated rings. The molecular weight excluding hydrogens is 290 g/mol. The predicted octanol–water partition coefficient (Wildman–Crippen LogP) is 2.09. The van der Waals surface area contributed by atoms with Gasteiger partial charge in [0, 0.05) is 17.8 Å². The van der Waals surface area contributed by atoms with E-state index in [0.717, 1.165) is 18.7 Å². The smallest absolute Gasteiger partial charge is 0.324 e. The first-order chi connectivity index (χ1) is 10.2. The zero-order chi connectivity index (χ0) is 15.1. The lowest BCUT2D eigenvalue weighted by Crippen LogP contribution is -2.10. The summed E-state index contributed by atoms with van der Waals surface area (Å²) in [6.45, 7) is 7.54. The van der Waals surface area contributed by atoms with E-state index in [2.05, 4.69) is 25.3 Å². The third-order valence-corrected chi connectivity index (χ3v) is 3.60. The van der Waals surface area contributed by atoms with Gasteiger partial charge in [0.25, 0.3) is 0 Å². The van der Waals surface area contributed by atoms with E-state index in [9.17, 15) is 0 Å². The lowest BCUT2D eigenvalue weighted by Gasteiger charge is -2.08. The first kappa shape index (κ1) is 15.4. The van der Waals surface area contributed by atoms with Gasteiger partial charge in [-0.3, -0.25) is 0 Å². The molecule has 0 aliphatic heterocycles. The van der Waals surface area contributed by atoms with Crippen LogP contribution >= 0.6 is 11.3 Å². The van der Waals surface area contributed by atoms with Gasteiger partial charge >= 0.3 is 12.0 Å². The molecule has 2 rings (SSSR count). The molecule has 0 aromatic carbocycles. The van der Waals surface area contributed by atoms with Gasteiger partial charge in [-0.05, 0) is 20.8 Å². The maximum absolute atomic E-state index is 5.60. The third-order valence-electron chi connectivity index (χ3n) is 2.61. The second-order valence-electron chi connectivity index (χ2n) is 4.15. The number of nitrogens with zero attached hydrogens (tertiary/aromatic N) is 4. The number of thiazole rings is 1. The first-order valence-electron chi connectivity index (χ1n) is 6.87. The van der Waals surface area contributed by atoms with Crippen molar-refractivity contribution >= 4 is 17.3 Å². The van der Waals surface area contributed by atoms with E-state index in [0.29, 0.717) is 19.2 Å². The molecule has 0 unspecified atom stereocenters. The van der Waals surface area contributed by atoms with Crippen molar-refractivity contribution in [3.63, 3.8) is 0 Å². The van der Waals surface area contributed by atoms with Crippen molar-refractivity contribution in [1.29, 1.82) is 0 Å². The van der Waals surface area contributed by atoms with Crippen molar-refractivity contribution in [2.45, 2.75) is 27.2 Å². The first-order valence-corrected chi connectivity index (χ1v) is 7.75. The lowest BCUT2D eigenvalue weighted by molar-refractivity contribution is 0.272. The van der Waals surface area contributed by atoms with Gasteiger partial charge in [0.2, 0.25) is 5.95 Å². The summed E-state index contributed by atoms with van der Waals surface area (Å²) in [6.07, 6.45) is 0.780. The van der Waals surface area contributed by atoms with Crippen molar-refractivity contribution in [1.82, 2.24) is 19.9 Å². The second-order valence-corrected chi connectivity index (χ2v) is 5.09. The van der Waals surface area contributed by atoms with Gasteiger partial charge in [-0.1, -0.05) is 0 Å². The molecule has 114 valence electrons. The molecule has 0 bridgehead atoms. The van der Waals surface area contributed by atoms with Crippen molar-refractivity contribution in [3.8, 4) is 12.0 Å². The van der Waals surface area contributed by atoms with Crippen LogP contribution in [0.15, 0.2) is 5.51 Å². The highest BCUT2D eigenvalue weighted by atomic mass is 32.1. The Labute approximate surface area is 127 Å². The van der Waals surface area contributed by atoms with E-state index in [1.165, 1.54) is 4.88 Å². The molecule has 8 heteroatoms. The van der Waals surface area contributed by atoms with Crippen LogP contribution in [-0.2, 0) is 6.42 Å². The summed E-state index contributed by atoms with van der Waals surface area (Å²) >= 11 is 1.63.